The van der Waals surface area contributed by atoms with E-state index < -0.39 is 12.1 Å². The molecule has 0 radical (unpaired) electrons. The third-order valence-electron chi connectivity index (χ3n) is 1.67. The quantitative estimate of drug-likeness (QED) is 0.783. The zero-order valence-corrected chi connectivity index (χ0v) is 8.49. The van der Waals surface area contributed by atoms with Gasteiger partial charge in [0.25, 0.3) is 0 Å². The first-order chi connectivity index (χ1) is 6.65. The van der Waals surface area contributed by atoms with E-state index in [1.165, 1.54) is 6.07 Å². The highest BCUT2D eigenvalue weighted by atomic mass is 35.5. The van der Waals surface area contributed by atoms with Crippen LogP contribution in [-0.2, 0) is 9.53 Å². The van der Waals surface area contributed by atoms with E-state index >= 15 is 0 Å². The Hall–Kier alpha value is -1.06. The predicted octanol–water partition coefficient (Wildman–Crippen LogP) is 1.94. The average molecular weight is 215 g/mol. The van der Waals surface area contributed by atoms with Gasteiger partial charge >= 0.3 is 5.97 Å². The van der Waals surface area contributed by atoms with Gasteiger partial charge in [0.05, 0.1) is 6.61 Å². The SMILES string of the molecule is CCOC(=O)[C@@H](O)c1cccc(Cl)c1. The molecule has 0 saturated carbocycles. The van der Waals surface area contributed by atoms with Gasteiger partial charge in [-0.05, 0) is 24.6 Å². The summed E-state index contributed by atoms with van der Waals surface area (Å²) in [6, 6.07) is 6.49. The molecule has 0 bridgehead atoms. The number of esters is 1. The van der Waals surface area contributed by atoms with Crippen LogP contribution in [0.1, 0.15) is 18.6 Å². The number of aliphatic hydroxyl groups excluding tert-OH is 1. The molecule has 4 heteroatoms. The molecule has 1 aromatic carbocycles. The van der Waals surface area contributed by atoms with Crippen molar-refractivity contribution in [2.75, 3.05) is 6.61 Å². The number of ether oxygens (including phenoxy) is 1. The van der Waals surface area contributed by atoms with Crippen LogP contribution in [0.5, 0.6) is 0 Å². The maximum Gasteiger partial charge on any atom is 0.339 e. The molecule has 1 aromatic rings. The van der Waals surface area contributed by atoms with Crippen molar-refractivity contribution in [1.82, 2.24) is 0 Å². The number of rotatable bonds is 3. The van der Waals surface area contributed by atoms with Crippen LogP contribution >= 0.6 is 11.6 Å². The first-order valence-corrected chi connectivity index (χ1v) is 4.63. The van der Waals surface area contributed by atoms with Gasteiger partial charge in [-0.1, -0.05) is 23.7 Å². The van der Waals surface area contributed by atoms with E-state index in [2.05, 4.69) is 4.74 Å². The molecule has 0 aliphatic rings. The lowest BCUT2D eigenvalue weighted by atomic mass is 10.1. The highest BCUT2D eigenvalue weighted by Gasteiger charge is 2.18. The Labute approximate surface area is 87.3 Å². The van der Waals surface area contributed by atoms with E-state index in [1.807, 2.05) is 0 Å². The molecule has 0 aliphatic carbocycles. The number of aliphatic hydroxyl groups is 1. The molecule has 0 unspecified atom stereocenters. The molecule has 0 saturated heterocycles. The summed E-state index contributed by atoms with van der Waals surface area (Å²) in [5, 5.41) is 9.99. The van der Waals surface area contributed by atoms with Crippen LogP contribution < -0.4 is 0 Å². The van der Waals surface area contributed by atoms with Crippen LogP contribution in [0.2, 0.25) is 5.02 Å². The van der Waals surface area contributed by atoms with Crippen molar-refractivity contribution in [2.45, 2.75) is 13.0 Å². The molecular weight excluding hydrogens is 204 g/mol. The van der Waals surface area contributed by atoms with Crippen LogP contribution in [0.25, 0.3) is 0 Å². The largest absolute Gasteiger partial charge is 0.464 e. The van der Waals surface area contributed by atoms with Crippen molar-refractivity contribution in [3.63, 3.8) is 0 Å². The highest BCUT2D eigenvalue weighted by Crippen LogP contribution is 2.18. The van der Waals surface area contributed by atoms with Gasteiger partial charge in [-0.3, -0.25) is 0 Å². The summed E-state index contributed by atoms with van der Waals surface area (Å²) in [4.78, 5) is 11.1. The summed E-state index contributed by atoms with van der Waals surface area (Å²) in [6.07, 6.45) is -1.26. The second-order valence-corrected chi connectivity index (χ2v) is 3.15. The first kappa shape index (κ1) is 11.0. The molecule has 0 aromatic heterocycles. The van der Waals surface area contributed by atoms with Crippen molar-refractivity contribution in [3.8, 4) is 0 Å². The average Bonchev–Trinajstić information content (AvgIpc) is 2.17. The molecule has 0 spiro atoms. The van der Waals surface area contributed by atoms with Gasteiger partial charge in [-0.15, -0.1) is 0 Å². The third-order valence-corrected chi connectivity index (χ3v) is 1.91. The zero-order chi connectivity index (χ0) is 10.6. The molecule has 0 fully saturated rings. The van der Waals surface area contributed by atoms with Crippen molar-refractivity contribution < 1.29 is 14.6 Å². The second kappa shape index (κ2) is 4.98. The lowest BCUT2D eigenvalue weighted by Crippen LogP contribution is -2.15. The molecule has 1 N–H and O–H groups in total. The third kappa shape index (κ3) is 2.72. The zero-order valence-electron chi connectivity index (χ0n) is 7.74. The standard InChI is InChI=1S/C10H11ClO3/c1-2-14-10(13)9(12)7-4-3-5-8(11)6-7/h3-6,9,12H,2H2,1H3/t9-/m0/s1. The summed E-state index contributed by atoms with van der Waals surface area (Å²) in [5.41, 5.74) is 0.441. The van der Waals surface area contributed by atoms with Crippen molar-refractivity contribution in [2.24, 2.45) is 0 Å². The van der Waals surface area contributed by atoms with Gasteiger partial charge in [-0.2, -0.15) is 0 Å². The molecule has 0 amide bonds. The van der Waals surface area contributed by atoms with Crippen molar-refractivity contribution >= 4 is 17.6 Å². The van der Waals surface area contributed by atoms with Gasteiger partial charge in [0.1, 0.15) is 0 Å². The number of hydrogen-bond donors (Lipinski definition) is 1. The van der Waals surface area contributed by atoms with Crippen molar-refractivity contribution in [1.29, 1.82) is 0 Å². The van der Waals surface area contributed by atoms with Gasteiger partial charge < -0.3 is 9.84 Å². The number of carbonyl (C=O) groups excluding carboxylic acids is 1. The fraction of sp³-hybridized carbons (Fsp3) is 0.300. The Balaban J connectivity index is 2.78. The monoisotopic (exact) mass is 214 g/mol. The fourth-order valence-corrected chi connectivity index (χ4v) is 1.23. The minimum absolute atomic E-state index is 0.246. The Kier molecular flexibility index (Phi) is 3.92. The fourth-order valence-electron chi connectivity index (χ4n) is 1.03. The first-order valence-electron chi connectivity index (χ1n) is 4.25. The van der Waals surface area contributed by atoms with E-state index in [9.17, 15) is 9.90 Å². The maximum atomic E-state index is 11.1. The minimum Gasteiger partial charge on any atom is -0.464 e. The molecule has 1 atom stereocenters. The summed E-state index contributed by atoms with van der Waals surface area (Å²) < 4.78 is 4.67. The molecule has 76 valence electrons. The molecule has 0 aliphatic heterocycles. The van der Waals surface area contributed by atoms with Crippen LogP contribution in [0.3, 0.4) is 0 Å². The van der Waals surface area contributed by atoms with Crippen LogP contribution in [0.4, 0.5) is 0 Å². The molecule has 14 heavy (non-hydrogen) atoms. The molecule has 3 nitrogen and oxygen atoms in total. The Morgan fingerprint density at radius 1 is 1.64 bits per heavy atom. The topological polar surface area (TPSA) is 46.5 Å². The van der Waals surface area contributed by atoms with Gasteiger partial charge in [0, 0.05) is 5.02 Å². The Morgan fingerprint density at radius 2 is 2.36 bits per heavy atom. The number of halogens is 1. The van der Waals surface area contributed by atoms with E-state index in [0.717, 1.165) is 0 Å². The van der Waals surface area contributed by atoms with E-state index in [-0.39, 0.29) is 6.61 Å². The van der Waals surface area contributed by atoms with E-state index in [1.54, 1.807) is 25.1 Å². The number of carbonyl (C=O) groups is 1. The summed E-state index contributed by atoms with van der Waals surface area (Å²) >= 11 is 5.71. The second-order valence-electron chi connectivity index (χ2n) is 2.71. The van der Waals surface area contributed by atoms with Gasteiger partial charge in [0.2, 0.25) is 0 Å². The van der Waals surface area contributed by atoms with Crippen molar-refractivity contribution in [3.05, 3.63) is 34.9 Å². The minimum atomic E-state index is -1.26. The lowest BCUT2D eigenvalue weighted by molar-refractivity contribution is -0.153. The molecule has 1 rings (SSSR count). The van der Waals surface area contributed by atoms with Gasteiger partial charge in [0.15, 0.2) is 6.10 Å². The smallest absolute Gasteiger partial charge is 0.339 e. The van der Waals surface area contributed by atoms with Gasteiger partial charge in [-0.25, -0.2) is 4.79 Å². The lowest BCUT2D eigenvalue weighted by Gasteiger charge is -2.09. The highest BCUT2D eigenvalue weighted by molar-refractivity contribution is 6.30. The van der Waals surface area contributed by atoms with E-state index in [0.29, 0.717) is 10.6 Å². The van der Waals surface area contributed by atoms with Crippen LogP contribution in [0.15, 0.2) is 24.3 Å². The Bertz CT molecular complexity index is 325. The van der Waals surface area contributed by atoms with Crippen LogP contribution in [-0.4, -0.2) is 17.7 Å². The number of benzene rings is 1. The number of hydrogen-bond acceptors (Lipinski definition) is 3. The maximum absolute atomic E-state index is 11.1. The summed E-state index contributed by atoms with van der Waals surface area (Å²) in [7, 11) is 0. The van der Waals surface area contributed by atoms with E-state index in [4.69, 9.17) is 11.6 Å². The summed E-state index contributed by atoms with van der Waals surface area (Å²) in [6.45, 7) is 1.93. The van der Waals surface area contributed by atoms with Crippen LogP contribution in [0, 0.1) is 0 Å². The molecular formula is C10H11ClO3. The normalized spacial score (nSPS) is 12.2. The summed E-state index contributed by atoms with van der Waals surface area (Å²) in [5.74, 6) is -0.658. The Morgan fingerprint density at radius 3 is 2.93 bits per heavy atom. The predicted molar refractivity (Wildman–Crippen MR) is 53.0 cm³/mol. The molecule has 0 heterocycles.